The largest absolute Gasteiger partial charge is 0.462 e. The average molecular weight is 663 g/mol. The predicted octanol–water partition coefficient (Wildman–Crippen LogP) is 12.7. The normalized spacial score (nSPS) is 12.3. The average Bonchev–Trinajstić information content (AvgIpc) is 3.07. The van der Waals surface area contributed by atoms with Crippen LogP contribution in [0.2, 0.25) is 0 Å². The van der Waals surface area contributed by atoms with Crippen LogP contribution in [-0.4, -0.2) is 36.4 Å². The summed E-state index contributed by atoms with van der Waals surface area (Å²) in [5, 5.41) is 9.56. The highest BCUT2D eigenvalue weighted by Gasteiger charge is 2.16. The fourth-order valence-corrected chi connectivity index (χ4v) is 5.88. The van der Waals surface area contributed by atoms with Crippen LogP contribution in [0.5, 0.6) is 0 Å². The van der Waals surface area contributed by atoms with Gasteiger partial charge < -0.3 is 14.6 Å². The van der Waals surface area contributed by atoms with Crippen LogP contribution in [-0.2, 0) is 19.1 Å². The Labute approximate surface area is 292 Å². The number of esters is 2. The number of allylic oxidation sites excluding steroid dienone is 4. The van der Waals surface area contributed by atoms with Gasteiger partial charge in [0.25, 0.3) is 0 Å². The summed E-state index contributed by atoms with van der Waals surface area (Å²) in [4.78, 5) is 24.3. The summed E-state index contributed by atoms with van der Waals surface area (Å²) >= 11 is 0. The van der Waals surface area contributed by atoms with Crippen molar-refractivity contribution in [2.24, 2.45) is 0 Å². The fraction of sp³-hybridized carbons (Fsp3) is 0.857. The lowest BCUT2D eigenvalue weighted by molar-refractivity contribution is -0.161. The molecule has 0 aliphatic rings. The van der Waals surface area contributed by atoms with E-state index in [1.807, 2.05) is 0 Å². The number of ether oxygens (including phenoxy) is 2. The van der Waals surface area contributed by atoms with Gasteiger partial charge in [0.05, 0.1) is 6.61 Å². The molecule has 0 aliphatic heterocycles. The molecular formula is C42H78O5. The van der Waals surface area contributed by atoms with Crippen LogP contribution in [0, 0.1) is 0 Å². The molecule has 0 rings (SSSR count). The third kappa shape index (κ3) is 37.1. The van der Waals surface area contributed by atoms with Gasteiger partial charge >= 0.3 is 11.9 Å². The molecule has 1 N–H and O–H groups in total. The van der Waals surface area contributed by atoms with Gasteiger partial charge in [-0.15, -0.1) is 0 Å². The number of unbranched alkanes of at least 4 members (excludes halogenated alkanes) is 25. The monoisotopic (exact) mass is 663 g/mol. The van der Waals surface area contributed by atoms with E-state index in [2.05, 4.69) is 38.2 Å². The molecule has 0 spiro atoms. The molecule has 1 atom stereocenters. The Morgan fingerprint density at radius 1 is 0.489 bits per heavy atom. The standard InChI is InChI=1S/C42H78O5/c1-3-5-7-9-11-13-15-17-19-20-21-22-23-25-27-29-31-33-35-37-42(45)47-40(38-43)39-46-41(44)36-34-32-30-28-26-24-18-16-14-12-10-8-6-4-2/h11,13,17,19,40,43H,3-10,12,14-16,18,20-39H2,1-2H3/b13-11-,19-17-. The molecule has 0 aromatic heterocycles. The lowest BCUT2D eigenvalue weighted by Gasteiger charge is -2.15. The number of hydrogen-bond donors (Lipinski definition) is 1. The molecule has 0 saturated carbocycles. The summed E-state index contributed by atoms with van der Waals surface area (Å²) in [6, 6.07) is 0. The van der Waals surface area contributed by atoms with Crippen LogP contribution in [0.3, 0.4) is 0 Å². The first-order valence-electron chi connectivity index (χ1n) is 20.4. The minimum atomic E-state index is -0.768. The first-order chi connectivity index (χ1) is 23.1. The van der Waals surface area contributed by atoms with Crippen molar-refractivity contribution in [3.8, 4) is 0 Å². The van der Waals surface area contributed by atoms with Crippen LogP contribution >= 0.6 is 0 Å². The maximum atomic E-state index is 12.2. The molecule has 0 bridgehead atoms. The van der Waals surface area contributed by atoms with Crippen LogP contribution in [0.15, 0.2) is 24.3 Å². The highest BCUT2D eigenvalue weighted by atomic mass is 16.6. The van der Waals surface area contributed by atoms with Crippen molar-refractivity contribution < 1.29 is 24.2 Å². The molecule has 276 valence electrons. The van der Waals surface area contributed by atoms with Crippen LogP contribution in [0.25, 0.3) is 0 Å². The van der Waals surface area contributed by atoms with E-state index in [1.54, 1.807) is 0 Å². The van der Waals surface area contributed by atoms with Crippen molar-refractivity contribution in [3.63, 3.8) is 0 Å². The highest BCUT2D eigenvalue weighted by Crippen LogP contribution is 2.15. The molecule has 0 aromatic rings. The number of carbonyl (C=O) groups excluding carboxylic acids is 2. The second-order valence-electron chi connectivity index (χ2n) is 13.7. The molecule has 0 amide bonds. The second-order valence-corrected chi connectivity index (χ2v) is 13.7. The second kappa shape index (κ2) is 38.8. The van der Waals surface area contributed by atoms with Gasteiger partial charge in [0, 0.05) is 12.8 Å². The van der Waals surface area contributed by atoms with Crippen molar-refractivity contribution in [1.29, 1.82) is 0 Å². The minimum Gasteiger partial charge on any atom is -0.462 e. The maximum absolute atomic E-state index is 12.2. The van der Waals surface area contributed by atoms with Gasteiger partial charge in [-0.2, -0.15) is 0 Å². The number of rotatable bonds is 37. The molecule has 5 heteroatoms. The van der Waals surface area contributed by atoms with E-state index in [-0.39, 0.29) is 25.2 Å². The van der Waals surface area contributed by atoms with Crippen molar-refractivity contribution in [2.75, 3.05) is 13.2 Å². The van der Waals surface area contributed by atoms with Gasteiger partial charge in [-0.05, 0) is 44.9 Å². The molecule has 0 fully saturated rings. The molecule has 0 saturated heterocycles. The summed E-state index contributed by atoms with van der Waals surface area (Å²) < 4.78 is 10.6. The molecule has 0 radical (unpaired) electrons. The van der Waals surface area contributed by atoms with Crippen molar-refractivity contribution >= 4 is 11.9 Å². The van der Waals surface area contributed by atoms with Gasteiger partial charge in [-0.3, -0.25) is 9.59 Å². The van der Waals surface area contributed by atoms with E-state index in [4.69, 9.17) is 9.47 Å². The Hall–Kier alpha value is -1.62. The van der Waals surface area contributed by atoms with Crippen molar-refractivity contribution in [1.82, 2.24) is 0 Å². The molecule has 5 nitrogen and oxygen atoms in total. The Kier molecular flexibility index (Phi) is 37.5. The Balaban J connectivity index is 3.52. The Morgan fingerprint density at radius 2 is 0.851 bits per heavy atom. The number of hydrogen-bond acceptors (Lipinski definition) is 5. The Morgan fingerprint density at radius 3 is 1.30 bits per heavy atom. The van der Waals surface area contributed by atoms with Gasteiger partial charge in [-0.25, -0.2) is 0 Å². The summed E-state index contributed by atoms with van der Waals surface area (Å²) in [6.07, 6.45) is 45.2. The summed E-state index contributed by atoms with van der Waals surface area (Å²) in [5.41, 5.74) is 0. The smallest absolute Gasteiger partial charge is 0.306 e. The van der Waals surface area contributed by atoms with Gasteiger partial charge in [-0.1, -0.05) is 179 Å². The van der Waals surface area contributed by atoms with Gasteiger partial charge in [0.1, 0.15) is 6.61 Å². The summed E-state index contributed by atoms with van der Waals surface area (Å²) in [6.45, 7) is 4.12. The third-order valence-corrected chi connectivity index (χ3v) is 9.00. The van der Waals surface area contributed by atoms with E-state index in [9.17, 15) is 14.7 Å². The molecule has 0 aliphatic carbocycles. The molecule has 0 heterocycles. The van der Waals surface area contributed by atoms with Crippen LogP contribution < -0.4 is 0 Å². The van der Waals surface area contributed by atoms with Crippen molar-refractivity contribution in [3.05, 3.63) is 24.3 Å². The van der Waals surface area contributed by atoms with E-state index < -0.39 is 6.10 Å². The lowest BCUT2D eigenvalue weighted by atomic mass is 10.0. The van der Waals surface area contributed by atoms with E-state index in [0.717, 1.165) is 44.9 Å². The summed E-state index contributed by atoms with van der Waals surface area (Å²) in [7, 11) is 0. The van der Waals surface area contributed by atoms with E-state index in [0.29, 0.717) is 12.8 Å². The van der Waals surface area contributed by atoms with Gasteiger partial charge in [0.2, 0.25) is 0 Å². The first kappa shape index (κ1) is 45.4. The van der Waals surface area contributed by atoms with Gasteiger partial charge in [0.15, 0.2) is 6.10 Å². The fourth-order valence-electron chi connectivity index (χ4n) is 5.88. The molecule has 1 unspecified atom stereocenters. The van der Waals surface area contributed by atoms with Crippen molar-refractivity contribution in [2.45, 2.75) is 219 Å². The van der Waals surface area contributed by atoms with Crippen LogP contribution in [0.4, 0.5) is 0 Å². The third-order valence-electron chi connectivity index (χ3n) is 9.00. The lowest BCUT2D eigenvalue weighted by Crippen LogP contribution is -2.28. The Bertz CT molecular complexity index is 716. The number of aliphatic hydroxyl groups excluding tert-OH is 1. The molecule has 47 heavy (non-hydrogen) atoms. The minimum absolute atomic E-state index is 0.0630. The first-order valence-corrected chi connectivity index (χ1v) is 20.4. The zero-order valence-corrected chi connectivity index (χ0v) is 31.3. The topological polar surface area (TPSA) is 72.8 Å². The molecular weight excluding hydrogens is 584 g/mol. The molecule has 0 aromatic carbocycles. The predicted molar refractivity (Wildman–Crippen MR) is 201 cm³/mol. The van der Waals surface area contributed by atoms with Crippen LogP contribution in [0.1, 0.15) is 213 Å². The quantitative estimate of drug-likeness (QED) is 0.0407. The summed E-state index contributed by atoms with van der Waals surface area (Å²) in [5.74, 6) is -0.587. The zero-order chi connectivity index (χ0) is 34.3. The number of aliphatic hydroxyl groups is 1. The highest BCUT2D eigenvalue weighted by molar-refractivity contribution is 5.70. The van der Waals surface area contributed by atoms with E-state index in [1.165, 1.54) is 141 Å². The zero-order valence-electron chi connectivity index (χ0n) is 31.3. The maximum Gasteiger partial charge on any atom is 0.306 e. The SMILES string of the molecule is CCCCC/C=C\C/C=C\CCCCCCCCCCCC(=O)OC(CO)COC(=O)CCCCCCCCCCCCCCCC. The van der Waals surface area contributed by atoms with E-state index >= 15 is 0 Å². The number of carbonyl (C=O) groups is 2.